The summed E-state index contributed by atoms with van der Waals surface area (Å²) in [6, 6.07) is 5.54. The van der Waals surface area contributed by atoms with Crippen LogP contribution in [-0.4, -0.2) is 19.4 Å². The number of nitrogen functional groups attached to an aromatic ring is 1. The fourth-order valence-electron chi connectivity index (χ4n) is 2.13. The number of nitrogens with two attached hydrogens (primary N) is 1. The zero-order valence-electron chi connectivity index (χ0n) is 12.3. The smallest absolute Gasteiger partial charge is 0.176 e. The van der Waals surface area contributed by atoms with Crippen LogP contribution in [0.1, 0.15) is 19.4 Å². The molecule has 2 aromatic rings. The molecule has 108 valence electrons. The molecule has 20 heavy (non-hydrogen) atoms. The minimum atomic E-state index is 0.429. The number of rotatable bonds is 5. The summed E-state index contributed by atoms with van der Waals surface area (Å²) < 4.78 is 16.1. The van der Waals surface area contributed by atoms with E-state index in [2.05, 4.69) is 19.0 Å². The quantitative estimate of drug-likeness (QED) is 0.908. The average molecular weight is 276 g/mol. The molecule has 5 nitrogen and oxygen atoms in total. The van der Waals surface area contributed by atoms with E-state index in [0.717, 1.165) is 23.3 Å². The van der Waals surface area contributed by atoms with Crippen molar-refractivity contribution >= 4 is 5.82 Å². The van der Waals surface area contributed by atoms with Crippen molar-refractivity contribution < 1.29 is 14.0 Å². The van der Waals surface area contributed by atoms with Crippen LogP contribution in [0.4, 0.5) is 5.82 Å². The van der Waals surface area contributed by atoms with E-state index in [9.17, 15) is 0 Å². The summed E-state index contributed by atoms with van der Waals surface area (Å²) in [5, 5.41) is 3.88. The number of aromatic nitrogens is 1. The fourth-order valence-corrected chi connectivity index (χ4v) is 2.13. The molecule has 1 aromatic heterocycles. The molecule has 0 aliphatic rings. The van der Waals surface area contributed by atoms with Gasteiger partial charge in [0.05, 0.1) is 19.8 Å². The molecule has 0 saturated heterocycles. The van der Waals surface area contributed by atoms with E-state index in [4.69, 9.17) is 19.7 Å². The van der Waals surface area contributed by atoms with Crippen LogP contribution >= 0.6 is 0 Å². The molecular formula is C15H20N2O3. The molecule has 1 aromatic carbocycles. The zero-order chi connectivity index (χ0) is 14.7. The molecule has 2 rings (SSSR count). The number of ether oxygens (including phenoxy) is 2. The highest BCUT2D eigenvalue weighted by Gasteiger charge is 2.20. The Labute approximate surface area is 118 Å². The van der Waals surface area contributed by atoms with E-state index < -0.39 is 0 Å². The third-order valence-electron chi connectivity index (χ3n) is 3.08. The monoisotopic (exact) mass is 276 g/mol. The Morgan fingerprint density at radius 1 is 1.25 bits per heavy atom. The summed E-state index contributed by atoms with van der Waals surface area (Å²) in [6.45, 7) is 4.25. The molecule has 0 saturated carbocycles. The maximum absolute atomic E-state index is 5.91. The second kappa shape index (κ2) is 5.86. The molecule has 0 aliphatic carbocycles. The lowest BCUT2D eigenvalue weighted by Gasteiger charge is -2.10. The first-order valence-electron chi connectivity index (χ1n) is 6.53. The number of anilines is 1. The van der Waals surface area contributed by atoms with Crippen LogP contribution < -0.4 is 15.2 Å². The van der Waals surface area contributed by atoms with Gasteiger partial charge >= 0.3 is 0 Å². The zero-order valence-corrected chi connectivity index (χ0v) is 12.3. The van der Waals surface area contributed by atoms with Crippen molar-refractivity contribution in [3.63, 3.8) is 0 Å². The van der Waals surface area contributed by atoms with Gasteiger partial charge in [0, 0.05) is 5.56 Å². The van der Waals surface area contributed by atoms with Crippen LogP contribution in [0.2, 0.25) is 0 Å². The topological polar surface area (TPSA) is 70.5 Å². The molecule has 0 fully saturated rings. The third kappa shape index (κ3) is 2.71. The van der Waals surface area contributed by atoms with Crippen molar-refractivity contribution in [2.75, 3.05) is 20.0 Å². The number of hydrogen-bond acceptors (Lipinski definition) is 5. The van der Waals surface area contributed by atoms with Crippen LogP contribution in [0.25, 0.3) is 11.3 Å². The molecule has 2 N–H and O–H groups in total. The summed E-state index contributed by atoms with van der Waals surface area (Å²) in [7, 11) is 3.24. The van der Waals surface area contributed by atoms with Gasteiger partial charge in [-0.25, -0.2) is 0 Å². The van der Waals surface area contributed by atoms with Crippen molar-refractivity contribution in [1.82, 2.24) is 5.16 Å². The molecule has 0 atom stereocenters. The summed E-state index contributed by atoms with van der Waals surface area (Å²) in [6.07, 6.45) is 0.797. The number of nitrogens with zero attached hydrogens (tertiary/aromatic N) is 1. The number of methoxy groups -OCH3 is 2. The normalized spacial score (nSPS) is 10.8. The van der Waals surface area contributed by atoms with E-state index in [-0.39, 0.29) is 0 Å². The Bertz CT molecular complexity index is 591. The Balaban J connectivity index is 2.55. The molecule has 0 spiro atoms. The molecule has 0 radical (unpaired) electrons. The number of hydrogen-bond donors (Lipinski definition) is 1. The van der Waals surface area contributed by atoms with Gasteiger partial charge in [-0.1, -0.05) is 19.0 Å². The van der Waals surface area contributed by atoms with Crippen molar-refractivity contribution in [3.8, 4) is 22.8 Å². The van der Waals surface area contributed by atoms with Crippen molar-refractivity contribution in [1.29, 1.82) is 0 Å². The summed E-state index contributed by atoms with van der Waals surface area (Å²) in [5.74, 6) is 2.95. The molecule has 0 unspecified atom stereocenters. The van der Waals surface area contributed by atoms with Crippen LogP contribution in [0.5, 0.6) is 11.5 Å². The standard InChI is InChI=1S/C15H20N2O3/c1-9(2)7-12-14(20-17-15(12)16)11-8-10(18-3)5-6-13(11)19-4/h5-6,8-9H,7H2,1-4H3,(H2,16,17). The van der Waals surface area contributed by atoms with Gasteiger partial charge in [0.1, 0.15) is 11.5 Å². The molecule has 5 heteroatoms. The number of benzene rings is 1. The molecular weight excluding hydrogens is 256 g/mol. The highest BCUT2D eigenvalue weighted by Crippen LogP contribution is 2.37. The minimum Gasteiger partial charge on any atom is -0.497 e. The highest BCUT2D eigenvalue weighted by atomic mass is 16.5. The highest BCUT2D eigenvalue weighted by molar-refractivity contribution is 5.73. The third-order valence-corrected chi connectivity index (χ3v) is 3.08. The SMILES string of the molecule is COc1ccc(OC)c(-c2onc(N)c2CC(C)C)c1. The van der Waals surface area contributed by atoms with Gasteiger partial charge in [-0.2, -0.15) is 0 Å². The molecule has 0 amide bonds. The van der Waals surface area contributed by atoms with Gasteiger partial charge in [-0.15, -0.1) is 0 Å². The van der Waals surface area contributed by atoms with E-state index in [1.165, 1.54) is 0 Å². The lowest BCUT2D eigenvalue weighted by Crippen LogP contribution is -1.99. The minimum absolute atomic E-state index is 0.429. The predicted octanol–water partition coefficient (Wildman–Crippen LogP) is 3.14. The Morgan fingerprint density at radius 3 is 2.60 bits per heavy atom. The van der Waals surface area contributed by atoms with Crippen molar-refractivity contribution in [2.24, 2.45) is 5.92 Å². The molecule has 0 bridgehead atoms. The van der Waals surface area contributed by atoms with Crippen LogP contribution in [-0.2, 0) is 6.42 Å². The van der Waals surface area contributed by atoms with E-state index >= 15 is 0 Å². The average Bonchev–Trinajstić information content (AvgIpc) is 2.79. The van der Waals surface area contributed by atoms with Gasteiger partial charge in [0.25, 0.3) is 0 Å². The van der Waals surface area contributed by atoms with Crippen LogP contribution in [0, 0.1) is 5.92 Å². The lowest BCUT2D eigenvalue weighted by molar-refractivity contribution is 0.398. The Kier molecular flexibility index (Phi) is 4.17. The molecule has 0 aliphatic heterocycles. The van der Waals surface area contributed by atoms with Gasteiger partial charge in [0.2, 0.25) is 0 Å². The van der Waals surface area contributed by atoms with Gasteiger partial charge in [-0.05, 0) is 30.5 Å². The first-order chi connectivity index (χ1) is 9.56. The lowest BCUT2D eigenvalue weighted by atomic mass is 9.99. The predicted molar refractivity (Wildman–Crippen MR) is 78.0 cm³/mol. The Morgan fingerprint density at radius 2 is 2.00 bits per heavy atom. The van der Waals surface area contributed by atoms with Gasteiger partial charge in [0.15, 0.2) is 11.6 Å². The fraction of sp³-hybridized carbons (Fsp3) is 0.400. The second-order valence-electron chi connectivity index (χ2n) is 5.04. The van der Waals surface area contributed by atoms with E-state index in [0.29, 0.717) is 23.2 Å². The van der Waals surface area contributed by atoms with Gasteiger partial charge < -0.3 is 19.7 Å². The summed E-state index contributed by atoms with van der Waals surface area (Å²) in [5.41, 5.74) is 7.62. The largest absolute Gasteiger partial charge is 0.497 e. The van der Waals surface area contributed by atoms with Crippen LogP contribution in [0.15, 0.2) is 22.7 Å². The Hall–Kier alpha value is -2.17. The van der Waals surface area contributed by atoms with Crippen LogP contribution in [0.3, 0.4) is 0 Å². The maximum atomic E-state index is 5.91. The van der Waals surface area contributed by atoms with Crippen molar-refractivity contribution in [2.45, 2.75) is 20.3 Å². The van der Waals surface area contributed by atoms with Gasteiger partial charge in [-0.3, -0.25) is 0 Å². The summed E-state index contributed by atoms with van der Waals surface area (Å²) >= 11 is 0. The van der Waals surface area contributed by atoms with Crippen molar-refractivity contribution in [3.05, 3.63) is 23.8 Å². The summed E-state index contributed by atoms with van der Waals surface area (Å²) in [4.78, 5) is 0. The van der Waals surface area contributed by atoms with E-state index in [1.54, 1.807) is 14.2 Å². The first-order valence-corrected chi connectivity index (χ1v) is 6.53. The second-order valence-corrected chi connectivity index (χ2v) is 5.04. The first kappa shape index (κ1) is 14.2. The molecule has 1 heterocycles. The van der Waals surface area contributed by atoms with E-state index in [1.807, 2.05) is 18.2 Å². The maximum Gasteiger partial charge on any atom is 0.176 e.